The van der Waals surface area contributed by atoms with Crippen LogP contribution in [0.15, 0.2) is 78.5 Å². The second kappa shape index (κ2) is 7.89. The molecule has 5 rings (SSSR count). The Balaban J connectivity index is 1.66. The van der Waals surface area contributed by atoms with Gasteiger partial charge in [-0.15, -0.1) is 0 Å². The molecule has 2 amide bonds. The number of amides is 2. The van der Waals surface area contributed by atoms with Gasteiger partial charge in [0.05, 0.1) is 25.5 Å². The number of fused-ring (bicyclic) bond motifs is 1. The van der Waals surface area contributed by atoms with Crippen molar-refractivity contribution in [1.82, 2.24) is 0 Å². The Morgan fingerprint density at radius 1 is 0.781 bits per heavy atom. The smallest absolute Gasteiger partial charge is 0.282 e. The molecule has 160 valence electrons. The molecule has 0 radical (unpaired) electrons. The molecule has 3 aromatic carbocycles. The van der Waals surface area contributed by atoms with Crippen LogP contribution in [0.25, 0.3) is 5.57 Å². The number of carbonyl (C=O) groups excluding carboxylic acids is 2. The van der Waals surface area contributed by atoms with Crippen LogP contribution in [0.2, 0.25) is 0 Å². The molecule has 6 heteroatoms. The quantitative estimate of drug-likeness (QED) is 0.576. The minimum Gasteiger partial charge on any atom is -0.497 e. The number of carbonyl (C=O) groups is 2. The van der Waals surface area contributed by atoms with E-state index in [1.54, 1.807) is 50.6 Å². The maximum Gasteiger partial charge on any atom is 0.282 e. The average Bonchev–Trinajstić information content (AvgIpc) is 3.37. The maximum atomic E-state index is 13.8. The van der Waals surface area contributed by atoms with Crippen molar-refractivity contribution in [3.8, 4) is 11.5 Å². The van der Waals surface area contributed by atoms with Crippen LogP contribution < -0.4 is 19.3 Å². The number of benzene rings is 3. The molecule has 0 atom stereocenters. The van der Waals surface area contributed by atoms with Gasteiger partial charge in [0, 0.05) is 18.3 Å². The molecule has 0 aromatic heterocycles. The van der Waals surface area contributed by atoms with Crippen molar-refractivity contribution < 1.29 is 19.1 Å². The van der Waals surface area contributed by atoms with E-state index >= 15 is 0 Å². The number of para-hydroxylation sites is 1. The summed E-state index contributed by atoms with van der Waals surface area (Å²) >= 11 is 0. The third-order valence-electron chi connectivity index (χ3n) is 5.91. The molecule has 2 aliphatic heterocycles. The van der Waals surface area contributed by atoms with Gasteiger partial charge in [0.15, 0.2) is 0 Å². The summed E-state index contributed by atoms with van der Waals surface area (Å²) in [5.74, 6) is 0.566. The summed E-state index contributed by atoms with van der Waals surface area (Å²) in [4.78, 5) is 30.7. The lowest BCUT2D eigenvalue weighted by molar-refractivity contribution is -0.120. The van der Waals surface area contributed by atoms with Gasteiger partial charge in [-0.2, -0.15) is 0 Å². The normalized spacial score (nSPS) is 15.4. The lowest BCUT2D eigenvalue weighted by Crippen LogP contribution is -2.34. The van der Waals surface area contributed by atoms with Crippen LogP contribution in [0.1, 0.15) is 11.1 Å². The summed E-state index contributed by atoms with van der Waals surface area (Å²) in [6, 6.07) is 22.2. The Hall–Kier alpha value is -4.06. The lowest BCUT2D eigenvalue weighted by Gasteiger charge is -2.22. The monoisotopic (exact) mass is 426 g/mol. The van der Waals surface area contributed by atoms with E-state index in [0.717, 1.165) is 17.7 Å². The fourth-order valence-electron chi connectivity index (χ4n) is 4.34. The highest BCUT2D eigenvalue weighted by Crippen LogP contribution is 2.40. The van der Waals surface area contributed by atoms with Crippen LogP contribution >= 0.6 is 0 Å². The number of hydrogen-bond donors (Lipinski definition) is 0. The molecule has 0 aliphatic carbocycles. The van der Waals surface area contributed by atoms with E-state index in [4.69, 9.17) is 9.47 Å². The highest BCUT2D eigenvalue weighted by Gasteiger charge is 2.44. The molecule has 0 fully saturated rings. The van der Waals surface area contributed by atoms with Crippen LogP contribution in [0, 0.1) is 0 Å². The highest BCUT2D eigenvalue weighted by molar-refractivity contribution is 6.46. The molecule has 2 aliphatic rings. The van der Waals surface area contributed by atoms with Crippen molar-refractivity contribution in [2.75, 3.05) is 30.6 Å². The second-order valence-electron chi connectivity index (χ2n) is 7.63. The minimum absolute atomic E-state index is 0.342. The lowest BCUT2D eigenvalue weighted by atomic mass is 10.0. The Bertz CT molecular complexity index is 1250. The van der Waals surface area contributed by atoms with E-state index in [1.165, 1.54) is 4.90 Å². The predicted octanol–water partition coefficient (Wildman–Crippen LogP) is 4.05. The maximum absolute atomic E-state index is 13.8. The van der Waals surface area contributed by atoms with E-state index in [-0.39, 0.29) is 11.8 Å². The topological polar surface area (TPSA) is 59.1 Å². The minimum atomic E-state index is -0.354. The van der Waals surface area contributed by atoms with Crippen LogP contribution in [0.4, 0.5) is 11.4 Å². The highest BCUT2D eigenvalue weighted by atomic mass is 16.5. The third-order valence-corrected chi connectivity index (χ3v) is 5.91. The first-order chi connectivity index (χ1) is 15.6. The Kier molecular flexibility index (Phi) is 4.90. The molecule has 6 nitrogen and oxygen atoms in total. The number of anilines is 2. The van der Waals surface area contributed by atoms with Gasteiger partial charge in [-0.3, -0.25) is 9.59 Å². The number of nitrogens with zero attached hydrogens (tertiary/aromatic N) is 2. The molecular weight excluding hydrogens is 404 g/mol. The van der Waals surface area contributed by atoms with Crippen molar-refractivity contribution in [2.24, 2.45) is 0 Å². The van der Waals surface area contributed by atoms with Gasteiger partial charge in [0.25, 0.3) is 11.8 Å². The fraction of sp³-hybridized carbons (Fsp3) is 0.154. The van der Waals surface area contributed by atoms with E-state index in [2.05, 4.69) is 6.07 Å². The third kappa shape index (κ3) is 3.12. The van der Waals surface area contributed by atoms with Crippen molar-refractivity contribution in [1.29, 1.82) is 0 Å². The number of ether oxygens (including phenoxy) is 2. The van der Waals surface area contributed by atoms with E-state index in [0.29, 0.717) is 40.6 Å². The summed E-state index contributed by atoms with van der Waals surface area (Å²) in [7, 11) is 3.15. The Morgan fingerprint density at radius 2 is 1.53 bits per heavy atom. The van der Waals surface area contributed by atoms with E-state index in [9.17, 15) is 9.59 Å². The van der Waals surface area contributed by atoms with Crippen molar-refractivity contribution in [3.05, 3.63) is 89.6 Å². The van der Waals surface area contributed by atoms with Gasteiger partial charge < -0.3 is 14.4 Å². The number of methoxy groups -OCH3 is 2. The molecule has 0 spiro atoms. The van der Waals surface area contributed by atoms with Crippen molar-refractivity contribution in [3.63, 3.8) is 0 Å². The number of rotatable bonds is 5. The van der Waals surface area contributed by atoms with Gasteiger partial charge in [-0.1, -0.05) is 36.4 Å². The molecule has 0 saturated heterocycles. The van der Waals surface area contributed by atoms with E-state index in [1.807, 2.05) is 35.2 Å². The summed E-state index contributed by atoms with van der Waals surface area (Å²) < 4.78 is 10.6. The first-order valence-electron chi connectivity index (χ1n) is 10.4. The predicted molar refractivity (Wildman–Crippen MR) is 123 cm³/mol. The van der Waals surface area contributed by atoms with Gasteiger partial charge in [0.1, 0.15) is 17.2 Å². The average molecular weight is 426 g/mol. The molecule has 3 aromatic rings. The summed E-state index contributed by atoms with van der Waals surface area (Å²) in [6.07, 6.45) is 0.816. The second-order valence-corrected chi connectivity index (χ2v) is 7.63. The first-order valence-corrected chi connectivity index (χ1v) is 10.4. The molecule has 0 bridgehead atoms. The summed E-state index contributed by atoms with van der Waals surface area (Å²) in [5, 5.41) is 0. The Labute approximate surface area is 186 Å². The molecule has 0 N–H and O–H groups in total. The van der Waals surface area contributed by atoms with Gasteiger partial charge in [-0.25, -0.2) is 4.90 Å². The standard InChI is InChI=1S/C26H22N2O4/c1-31-20-12-10-18(11-13-20)23-24(27-15-14-17-6-3-4-9-22(17)27)26(30)28(25(23)29)19-7-5-8-21(16-19)32-2/h3-13,16H,14-15H2,1-2H3. The fourth-order valence-corrected chi connectivity index (χ4v) is 4.34. The summed E-state index contributed by atoms with van der Waals surface area (Å²) in [5.41, 5.74) is 4.06. The SMILES string of the molecule is COc1ccc(C2=C(N3CCc4ccccc43)C(=O)N(c3cccc(OC)c3)C2=O)cc1. The van der Waals surface area contributed by atoms with Crippen LogP contribution in [0.3, 0.4) is 0 Å². The zero-order chi connectivity index (χ0) is 22.2. The molecule has 2 heterocycles. The zero-order valence-corrected chi connectivity index (χ0v) is 17.9. The molecule has 0 saturated carbocycles. The van der Waals surface area contributed by atoms with Crippen LogP contribution in [0.5, 0.6) is 11.5 Å². The number of imide groups is 1. The van der Waals surface area contributed by atoms with Crippen LogP contribution in [-0.4, -0.2) is 32.6 Å². The van der Waals surface area contributed by atoms with E-state index < -0.39 is 0 Å². The first kappa shape index (κ1) is 19.9. The molecular formula is C26H22N2O4. The molecule has 0 unspecified atom stereocenters. The van der Waals surface area contributed by atoms with Crippen LogP contribution in [-0.2, 0) is 16.0 Å². The van der Waals surface area contributed by atoms with Gasteiger partial charge >= 0.3 is 0 Å². The molecule has 32 heavy (non-hydrogen) atoms. The summed E-state index contributed by atoms with van der Waals surface area (Å²) in [6.45, 7) is 0.638. The number of hydrogen-bond acceptors (Lipinski definition) is 5. The Morgan fingerprint density at radius 3 is 2.28 bits per heavy atom. The van der Waals surface area contributed by atoms with Crippen molar-refractivity contribution >= 4 is 28.8 Å². The zero-order valence-electron chi connectivity index (χ0n) is 17.9. The van der Waals surface area contributed by atoms with Gasteiger partial charge in [-0.05, 0) is 47.9 Å². The largest absolute Gasteiger partial charge is 0.497 e. The van der Waals surface area contributed by atoms with Crippen molar-refractivity contribution in [2.45, 2.75) is 6.42 Å². The van der Waals surface area contributed by atoms with Gasteiger partial charge in [0.2, 0.25) is 0 Å².